The van der Waals surface area contributed by atoms with E-state index in [9.17, 15) is 4.79 Å². The van der Waals surface area contributed by atoms with Crippen molar-refractivity contribution in [2.75, 3.05) is 0 Å². The third-order valence-corrected chi connectivity index (χ3v) is 4.49. The molecule has 106 valence electrons. The molecule has 5 atom stereocenters. The molecule has 0 aromatic heterocycles. The van der Waals surface area contributed by atoms with Crippen LogP contribution >= 0.6 is 0 Å². The zero-order valence-corrected chi connectivity index (χ0v) is 12.9. The maximum atomic E-state index is 12.5. The SMILES string of the molecule is CCC(C)CC(C)N1C(=O)C(C(C)CC)NC1C. The van der Waals surface area contributed by atoms with Crippen LogP contribution in [-0.4, -0.2) is 29.1 Å². The van der Waals surface area contributed by atoms with Gasteiger partial charge in [0.2, 0.25) is 5.91 Å². The Kier molecular flexibility index (Phi) is 5.64. The fraction of sp³-hybridized carbons (Fsp3) is 0.933. The molecule has 0 aliphatic carbocycles. The Morgan fingerprint density at radius 2 is 1.83 bits per heavy atom. The average molecular weight is 254 g/mol. The van der Waals surface area contributed by atoms with Crippen LogP contribution in [0.1, 0.15) is 60.8 Å². The van der Waals surface area contributed by atoms with E-state index in [1.807, 2.05) is 0 Å². The highest BCUT2D eigenvalue weighted by molar-refractivity contribution is 5.84. The Morgan fingerprint density at radius 3 is 2.33 bits per heavy atom. The number of nitrogens with one attached hydrogen (secondary N) is 1. The van der Waals surface area contributed by atoms with Gasteiger partial charge in [0.15, 0.2) is 0 Å². The first-order valence-corrected chi connectivity index (χ1v) is 7.50. The molecular formula is C15H30N2O. The van der Waals surface area contributed by atoms with E-state index < -0.39 is 0 Å². The van der Waals surface area contributed by atoms with Gasteiger partial charge in [0, 0.05) is 6.04 Å². The van der Waals surface area contributed by atoms with Crippen molar-refractivity contribution in [2.45, 2.75) is 79.1 Å². The van der Waals surface area contributed by atoms with Crippen LogP contribution in [0.5, 0.6) is 0 Å². The van der Waals surface area contributed by atoms with E-state index in [-0.39, 0.29) is 12.2 Å². The molecule has 0 saturated carbocycles. The van der Waals surface area contributed by atoms with Crippen LogP contribution in [0.25, 0.3) is 0 Å². The molecule has 0 radical (unpaired) electrons. The van der Waals surface area contributed by atoms with Crippen molar-refractivity contribution >= 4 is 5.91 Å². The van der Waals surface area contributed by atoms with Gasteiger partial charge in [-0.15, -0.1) is 0 Å². The molecule has 18 heavy (non-hydrogen) atoms. The van der Waals surface area contributed by atoms with Crippen molar-refractivity contribution in [3.05, 3.63) is 0 Å². The third kappa shape index (κ3) is 3.25. The molecule has 1 aliphatic heterocycles. The van der Waals surface area contributed by atoms with Gasteiger partial charge >= 0.3 is 0 Å². The summed E-state index contributed by atoms with van der Waals surface area (Å²) in [5, 5.41) is 3.45. The summed E-state index contributed by atoms with van der Waals surface area (Å²) >= 11 is 0. The molecule has 3 heteroatoms. The van der Waals surface area contributed by atoms with Crippen LogP contribution in [0.15, 0.2) is 0 Å². The average Bonchev–Trinajstić information content (AvgIpc) is 2.63. The van der Waals surface area contributed by atoms with E-state index in [4.69, 9.17) is 0 Å². The summed E-state index contributed by atoms with van der Waals surface area (Å²) in [7, 11) is 0. The van der Waals surface area contributed by atoms with Gasteiger partial charge in [-0.05, 0) is 32.1 Å². The van der Waals surface area contributed by atoms with Crippen LogP contribution in [0.3, 0.4) is 0 Å². The smallest absolute Gasteiger partial charge is 0.241 e. The van der Waals surface area contributed by atoms with E-state index in [1.165, 1.54) is 6.42 Å². The second-order valence-electron chi connectivity index (χ2n) is 6.05. The number of carbonyl (C=O) groups is 1. The summed E-state index contributed by atoms with van der Waals surface area (Å²) in [5.74, 6) is 1.40. The van der Waals surface area contributed by atoms with Crippen LogP contribution in [-0.2, 0) is 4.79 Å². The van der Waals surface area contributed by atoms with Crippen molar-refractivity contribution in [2.24, 2.45) is 11.8 Å². The molecule has 1 fully saturated rings. The maximum absolute atomic E-state index is 12.5. The quantitative estimate of drug-likeness (QED) is 0.790. The normalized spacial score (nSPS) is 29.4. The summed E-state index contributed by atoms with van der Waals surface area (Å²) < 4.78 is 0. The van der Waals surface area contributed by atoms with Crippen LogP contribution in [0.4, 0.5) is 0 Å². The van der Waals surface area contributed by atoms with E-state index in [1.54, 1.807) is 0 Å². The lowest BCUT2D eigenvalue weighted by Crippen LogP contribution is -2.42. The van der Waals surface area contributed by atoms with Gasteiger partial charge in [0.25, 0.3) is 0 Å². The van der Waals surface area contributed by atoms with Crippen molar-refractivity contribution in [1.82, 2.24) is 10.2 Å². The predicted molar refractivity (Wildman–Crippen MR) is 76.2 cm³/mol. The fourth-order valence-corrected chi connectivity index (χ4v) is 2.87. The Hall–Kier alpha value is -0.570. The first kappa shape index (κ1) is 15.5. The Balaban J connectivity index is 2.69. The van der Waals surface area contributed by atoms with E-state index in [2.05, 4.69) is 51.8 Å². The molecule has 0 bridgehead atoms. The van der Waals surface area contributed by atoms with Gasteiger partial charge < -0.3 is 4.90 Å². The number of hydrogen-bond acceptors (Lipinski definition) is 2. The van der Waals surface area contributed by atoms with Crippen LogP contribution in [0.2, 0.25) is 0 Å². The van der Waals surface area contributed by atoms with Crippen molar-refractivity contribution in [3.63, 3.8) is 0 Å². The van der Waals surface area contributed by atoms with Gasteiger partial charge in [-0.3, -0.25) is 10.1 Å². The lowest BCUT2D eigenvalue weighted by Gasteiger charge is -2.30. The highest BCUT2D eigenvalue weighted by Gasteiger charge is 2.40. The zero-order valence-electron chi connectivity index (χ0n) is 12.9. The number of carbonyl (C=O) groups excluding carboxylic acids is 1. The third-order valence-electron chi connectivity index (χ3n) is 4.49. The number of nitrogens with zero attached hydrogens (tertiary/aromatic N) is 1. The minimum atomic E-state index is 0.0179. The first-order chi connectivity index (χ1) is 8.42. The summed E-state index contributed by atoms with van der Waals surface area (Å²) in [6.07, 6.45) is 3.50. The Labute approximate surface area is 112 Å². The van der Waals surface area contributed by atoms with Crippen molar-refractivity contribution in [3.8, 4) is 0 Å². The Bertz CT molecular complexity index is 280. The van der Waals surface area contributed by atoms with E-state index in [0.29, 0.717) is 23.8 Å². The fourth-order valence-electron chi connectivity index (χ4n) is 2.87. The first-order valence-electron chi connectivity index (χ1n) is 7.50. The number of amides is 1. The van der Waals surface area contributed by atoms with E-state index >= 15 is 0 Å². The minimum absolute atomic E-state index is 0.0179. The van der Waals surface area contributed by atoms with Gasteiger partial charge in [-0.25, -0.2) is 0 Å². The molecule has 1 aliphatic rings. The number of hydrogen-bond donors (Lipinski definition) is 1. The molecule has 0 aromatic rings. The monoisotopic (exact) mass is 254 g/mol. The Morgan fingerprint density at radius 1 is 1.22 bits per heavy atom. The zero-order chi connectivity index (χ0) is 13.9. The van der Waals surface area contributed by atoms with Crippen molar-refractivity contribution in [1.29, 1.82) is 0 Å². The largest absolute Gasteiger partial charge is 0.323 e. The van der Waals surface area contributed by atoms with Gasteiger partial charge in [-0.2, -0.15) is 0 Å². The molecule has 1 saturated heterocycles. The van der Waals surface area contributed by atoms with Gasteiger partial charge in [0.1, 0.15) is 0 Å². The molecular weight excluding hydrogens is 224 g/mol. The topological polar surface area (TPSA) is 32.3 Å². The van der Waals surface area contributed by atoms with Crippen LogP contribution < -0.4 is 5.32 Å². The second-order valence-corrected chi connectivity index (χ2v) is 6.05. The number of rotatable bonds is 6. The molecule has 0 spiro atoms. The lowest BCUT2D eigenvalue weighted by molar-refractivity contribution is -0.132. The molecule has 0 aromatic carbocycles. The lowest BCUT2D eigenvalue weighted by atomic mass is 9.97. The summed E-state index contributed by atoms with van der Waals surface area (Å²) in [6, 6.07) is 0.355. The highest BCUT2D eigenvalue weighted by Crippen LogP contribution is 2.24. The maximum Gasteiger partial charge on any atom is 0.241 e. The minimum Gasteiger partial charge on any atom is -0.323 e. The summed E-state index contributed by atoms with van der Waals surface area (Å²) in [4.78, 5) is 14.5. The standard InChI is InChI=1S/C15H30N2O/c1-7-10(3)9-12(5)17-13(6)16-14(15(17)18)11(4)8-2/h10-14,16H,7-9H2,1-6H3. The summed E-state index contributed by atoms with van der Waals surface area (Å²) in [5.41, 5.74) is 0. The summed E-state index contributed by atoms with van der Waals surface area (Å²) in [6.45, 7) is 13.1. The molecule has 1 amide bonds. The molecule has 5 unspecified atom stereocenters. The predicted octanol–water partition coefficient (Wildman–Crippen LogP) is 3.00. The molecule has 1 N–H and O–H groups in total. The van der Waals surface area contributed by atoms with Gasteiger partial charge in [0.05, 0.1) is 12.2 Å². The van der Waals surface area contributed by atoms with E-state index in [0.717, 1.165) is 12.8 Å². The molecule has 1 rings (SSSR count). The van der Waals surface area contributed by atoms with Crippen LogP contribution in [0, 0.1) is 11.8 Å². The highest BCUT2D eigenvalue weighted by atomic mass is 16.2. The molecule has 1 heterocycles. The molecule has 3 nitrogen and oxygen atoms in total. The second kappa shape index (κ2) is 6.55. The van der Waals surface area contributed by atoms with Crippen molar-refractivity contribution < 1.29 is 4.79 Å². The van der Waals surface area contributed by atoms with Gasteiger partial charge in [-0.1, -0.05) is 40.5 Å².